The smallest absolute Gasteiger partial charge is 0.123 e. The van der Waals surface area contributed by atoms with Crippen molar-refractivity contribution in [1.29, 1.82) is 0 Å². The first kappa shape index (κ1) is 8.85. The summed E-state index contributed by atoms with van der Waals surface area (Å²) < 4.78 is 10.4. The van der Waals surface area contributed by atoms with E-state index in [4.69, 9.17) is 21.1 Å². The van der Waals surface area contributed by atoms with Gasteiger partial charge in [-0.1, -0.05) is 17.7 Å². The molecule has 0 aromatic heterocycles. The topological polar surface area (TPSA) is 21.8 Å². The third kappa shape index (κ3) is 1.95. The summed E-state index contributed by atoms with van der Waals surface area (Å²) in [5.41, 5.74) is 1.05. The molecule has 1 unspecified atom stereocenters. The molecule has 13 heavy (non-hydrogen) atoms. The number of ether oxygens (including phenoxy) is 2. The third-order valence-corrected chi connectivity index (χ3v) is 2.48. The van der Waals surface area contributed by atoms with Crippen LogP contribution in [0.5, 0.6) is 5.75 Å². The molecule has 0 radical (unpaired) electrons. The summed E-state index contributed by atoms with van der Waals surface area (Å²) in [6, 6.07) is 5.68. The lowest BCUT2D eigenvalue weighted by atomic mass is 10.1. The lowest BCUT2D eigenvalue weighted by Crippen LogP contribution is -1.97. The fourth-order valence-electron chi connectivity index (χ4n) is 1.34. The van der Waals surface area contributed by atoms with E-state index in [1.807, 2.05) is 18.2 Å². The van der Waals surface area contributed by atoms with Crippen molar-refractivity contribution < 1.29 is 9.47 Å². The van der Waals surface area contributed by atoms with Gasteiger partial charge >= 0.3 is 0 Å². The summed E-state index contributed by atoms with van der Waals surface area (Å²) in [7, 11) is 1.66. The summed E-state index contributed by atoms with van der Waals surface area (Å²) in [6.07, 6.45) is 1.19. The summed E-state index contributed by atoms with van der Waals surface area (Å²) in [6.45, 7) is 0.842. The lowest BCUT2D eigenvalue weighted by Gasteiger charge is -2.08. The van der Waals surface area contributed by atoms with Crippen molar-refractivity contribution in [3.8, 4) is 5.75 Å². The number of benzene rings is 1. The monoisotopic (exact) mass is 198 g/mol. The van der Waals surface area contributed by atoms with Gasteiger partial charge in [-0.25, -0.2) is 0 Å². The SMILES string of the molecule is COc1cccc(Cl)c1CC1CO1. The normalized spacial score (nSPS) is 20.0. The van der Waals surface area contributed by atoms with Crippen molar-refractivity contribution in [2.24, 2.45) is 0 Å². The van der Waals surface area contributed by atoms with Crippen LogP contribution in [-0.2, 0) is 11.2 Å². The highest BCUT2D eigenvalue weighted by Crippen LogP contribution is 2.30. The second-order valence-electron chi connectivity index (χ2n) is 3.08. The number of methoxy groups -OCH3 is 1. The molecule has 3 heteroatoms. The molecule has 0 aliphatic carbocycles. The predicted molar refractivity (Wildman–Crippen MR) is 51.4 cm³/mol. The van der Waals surface area contributed by atoms with Crippen LogP contribution in [0.3, 0.4) is 0 Å². The Morgan fingerprint density at radius 3 is 3.00 bits per heavy atom. The zero-order valence-corrected chi connectivity index (χ0v) is 8.17. The zero-order chi connectivity index (χ0) is 9.26. The molecular weight excluding hydrogens is 188 g/mol. The number of epoxide rings is 1. The van der Waals surface area contributed by atoms with Gasteiger partial charge in [-0.2, -0.15) is 0 Å². The van der Waals surface area contributed by atoms with E-state index in [2.05, 4.69) is 0 Å². The van der Waals surface area contributed by atoms with E-state index in [1.54, 1.807) is 7.11 Å². The fraction of sp³-hybridized carbons (Fsp3) is 0.400. The molecule has 0 amide bonds. The van der Waals surface area contributed by atoms with Crippen LogP contribution in [0.25, 0.3) is 0 Å². The molecule has 1 aromatic carbocycles. The molecule has 2 nitrogen and oxygen atoms in total. The molecule has 1 aliphatic heterocycles. The summed E-state index contributed by atoms with van der Waals surface area (Å²) >= 11 is 6.04. The van der Waals surface area contributed by atoms with Crippen LogP contribution in [0.2, 0.25) is 5.02 Å². The van der Waals surface area contributed by atoms with Gasteiger partial charge in [-0.3, -0.25) is 0 Å². The van der Waals surface area contributed by atoms with Crippen molar-refractivity contribution in [2.45, 2.75) is 12.5 Å². The summed E-state index contributed by atoms with van der Waals surface area (Å²) in [4.78, 5) is 0. The highest BCUT2D eigenvalue weighted by atomic mass is 35.5. The van der Waals surface area contributed by atoms with Gasteiger partial charge in [0, 0.05) is 17.0 Å². The Labute approximate surface area is 82.4 Å². The van der Waals surface area contributed by atoms with Gasteiger partial charge in [0.1, 0.15) is 5.75 Å². The fourth-order valence-corrected chi connectivity index (χ4v) is 1.58. The Morgan fingerprint density at radius 1 is 1.62 bits per heavy atom. The molecule has 1 saturated heterocycles. The maximum absolute atomic E-state index is 6.04. The van der Waals surface area contributed by atoms with E-state index >= 15 is 0 Å². The Kier molecular flexibility index (Phi) is 2.42. The van der Waals surface area contributed by atoms with Crippen LogP contribution < -0.4 is 4.74 Å². The van der Waals surface area contributed by atoms with Gasteiger partial charge in [0.05, 0.1) is 19.8 Å². The van der Waals surface area contributed by atoms with Crippen LogP contribution in [0.1, 0.15) is 5.56 Å². The molecule has 1 aromatic rings. The average Bonchev–Trinajstić information content (AvgIpc) is 2.92. The first-order valence-corrected chi connectivity index (χ1v) is 4.62. The number of hydrogen-bond donors (Lipinski definition) is 0. The molecule has 1 heterocycles. The molecule has 0 spiro atoms. The molecule has 70 valence electrons. The Bertz CT molecular complexity index is 308. The van der Waals surface area contributed by atoms with Crippen molar-refractivity contribution in [3.05, 3.63) is 28.8 Å². The maximum atomic E-state index is 6.04. The molecule has 1 fully saturated rings. The molecule has 1 aliphatic rings. The first-order valence-electron chi connectivity index (χ1n) is 4.24. The lowest BCUT2D eigenvalue weighted by molar-refractivity contribution is 0.391. The van der Waals surface area contributed by atoms with Crippen molar-refractivity contribution in [3.63, 3.8) is 0 Å². The average molecular weight is 199 g/mol. The zero-order valence-electron chi connectivity index (χ0n) is 7.42. The molecule has 0 N–H and O–H groups in total. The third-order valence-electron chi connectivity index (χ3n) is 2.13. The Morgan fingerprint density at radius 2 is 2.38 bits per heavy atom. The largest absolute Gasteiger partial charge is 0.496 e. The standard InChI is InChI=1S/C10H11ClO2/c1-12-10-4-2-3-9(11)8(10)5-7-6-13-7/h2-4,7H,5-6H2,1H3. The van der Waals surface area contributed by atoms with Crippen molar-refractivity contribution >= 4 is 11.6 Å². The minimum atomic E-state index is 0.341. The van der Waals surface area contributed by atoms with Crippen LogP contribution in [-0.4, -0.2) is 19.8 Å². The minimum absolute atomic E-state index is 0.341. The van der Waals surface area contributed by atoms with Gasteiger partial charge in [0.15, 0.2) is 0 Å². The van der Waals surface area contributed by atoms with E-state index in [0.29, 0.717) is 6.10 Å². The minimum Gasteiger partial charge on any atom is -0.496 e. The highest BCUT2D eigenvalue weighted by Gasteiger charge is 2.25. The van der Waals surface area contributed by atoms with Gasteiger partial charge in [-0.15, -0.1) is 0 Å². The van der Waals surface area contributed by atoms with Gasteiger partial charge in [-0.05, 0) is 12.1 Å². The van der Waals surface area contributed by atoms with Gasteiger partial charge < -0.3 is 9.47 Å². The van der Waals surface area contributed by atoms with E-state index in [9.17, 15) is 0 Å². The van der Waals surface area contributed by atoms with Crippen LogP contribution in [0.4, 0.5) is 0 Å². The van der Waals surface area contributed by atoms with Gasteiger partial charge in [0.25, 0.3) is 0 Å². The van der Waals surface area contributed by atoms with E-state index in [1.165, 1.54) is 0 Å². The predicted octanol–water partition coefficient (Wildman–Crippen LogP) is 2.29. The Balaban J connectivity index is 2.27. The highest BCUT2D eigenvalue weighted by molar-refractivity contribution is 6.31. The number of halogens is 1. The van der Waals surface area contributed by atoms with E-state index in [-0.39, 0.29) is 0 Å². The summed E-state index contributed by atoms with van der Waals surface area (Å²) in [5.74, 6) is 0.850. The first-order chi connectivity index (χ1) is 6.31. The molecule has 1 atom stereocenters. The molecule has 0 bridgehead atoms. The molecule has 0 saturated carbocycles. The van der Waals surface area contributed by atoms with Crippen LogP contribution in [0, 0.1) is 0 Å². The summed E-state index contributed by atoms with van der Waals surface area (Å²) in [5, 5.41) is 0.759. The second kappa shape index (κ2) is 3.56. The quantitative estimate of drug-likeness (QED) is 0.696. The Hall–Kier alpha value is -0.730. The van der Waals surface area contributed by atoms with Crippen LogP contribution in [0.15, 0.2) is 18.2 Å². The second-order valence-corrected chi connectivity index (χ2v) is 3.49. The van der Waals surface area contributed by atoms with E-state index in [0.717, 1.165) is 29.4 Å². The number of hydrogen-bond acceptors (Lipinski definition) is 2. The van der Waals surface area contributed by atoms with Crippen molar-refractivity contribution in [2.75, 3.05) is 13.7 Å². The van der Waals surface area contributed by atoms with Crippen LogP contribution >= 0.6 is 11.6 Å². The van der Waals surface area contributed by atoms with Crippen molar-refractivity contribution in [1.82, 2.24) is 0 Å². The molecule has 2 rings (SSSR count). The number of rotatable bonds is 3. The maximum Gasteiger partial charge on any atom is 0.123 e. The molecular formula is C10H11ClO2. The van der Waals surface area contributed by atoms with E-state index < -0.39 is 0 Å². The van der Waals surface area contributed by atoms with Gasteiger partial charge in [0.2, 0.25) is 0 Å².